The van der Waals surface area contributed by atoms with E-state index in [0.29, 0.717) is 47.2 Å². The highest BCUT2D eigenvalue weighted by Gasteiger charge is 2.19. The maximum absolute atomic E-state index is 13.2. The molecule has 2 fully saturated rings. The van der Waals surface area contributed by atoms with Gasteiger partial charge >= 0.3 is 0 Å². The van der Waals surface area contributed by atoms with Gasteiger partial charge < -0.3 is 35.1 Å². The lowest BCUT2D eigenvalue weighted by Crippen LogP contribution is -2.36. The molecule has 2 saturated heterocycles. The monoisotopic (exact) mass is 545 g/mol. The van der Waals surface area contributed by atoms with Gasteiger partial charge in [0, 0.05) is 41.8 Å². The minimum Gasteiger partial charge on any atom is -0.493 e. The fourth-order valence-electron chi connectivity index (χ4n) is 4.76. The molecular formula is C30H35N5O5. The van der Waals surface area contributed by atoms with Gasteiger partial charge in [0.05, 0.1) is 20.3 Å². The van der Waals surface area contributed by atoms with Crippen molar-refractivity contribution in [3.05, 3.63) is 71.4 Å². The summed E-state index contributed by atoms with van der Waals surface area (Å²) in [5, 5.41) is 9.23. The molecule has 1 aromatic heterocycles. The summed E-state index contributed by atoms with van der Waals surface area (Å²) in [4.78, 5) is 32.8. The molecule has 2 aromatic carbocycles. The van der Waals surface area contributed by atoms with Crippen molar-refractivity contribution in [1.29, 1.82) is 0 Å². The molecular weight excluding hydrogens is 510 g/mol. The Kier molecular flexibility index (Phi) is 8.78. The second-order valence-electron chi connectivity index (χ2n) is 9.87. The fraction of sp³-hybridized carbons (Fsp3) is 0.367. The Morgan fingerprint density at radius 1 is 0.950 bits per heavy atom. The van der Waals surface area contributed by atoms with Crippen molar-refractivity contribution in [2.24, 2.45) is 0 Å². The van der Waals surface area contributed by atoms with Crippen LogP contribution in [0.15, 0.2) is 54.7 Å². The maximum atomic E-state index is 13.2. The highest BCUT2D eigenvalue weighted by molar-refractivity contribution is 6.07. The van der Waals surface area contributed by atoms with Gasteiger partial charge in [-0.25, -0.2) is 4.98 Å². The summed E-state index contributed by atoms with van der Waals surface area (Å²) >= 11 is 0. The molecule has 3 aromatic rings. The van der Waals surface area contributed by atoms with Crippen LogP contribution in [-0.4, -0.2) is 69.4 Å². The summed E-state index contributed by atoms with van der Waals surface area (Å²) in [6, 6.07) is 14.1. The first-order chi connectivity index (χ1) is 19.5. The molecule has 3 heterocycles. The molecule has 10 nitrogen and oxygen atoms in total. The Morgan fingerprint density at radius 2 is 1.70 bits per heavy atom. The van der Waals surface area contributed by atoms with E-state index in [4.69, 9.17) is 14.2 Å². The average Bonchev–Trinajstić information content (AvgIpc) is 3.00. The van der Waals surface area contributed by atoms with E-state index >= 15 is 0 Å². The fourth-order valence-corrected chi connectivity index (χ4v) is 4.76. The number of morpholine rings is 1. The average molecular weight is 546 g/mol. The van der Waals surface area contributed by atoms with Crippen molar-refractivity contribution in [2.75, 3.05) is 62.0 Å². The van der Waals surface area contributed by atoms with E-state index in [2.05, 4.69) is 25.8 Å². The number of ether oxygens (including phenoxy) is 3. The van der Waals surface area contributed by atoms with Gasteiger partial charge in [0.1, 0.15) is 11.9 Å². The molecule has 0 spiro atoms. The number of carbonyl (C=O) groups excluding carboxylic acids is 2. The number of hydrogen-bond donors (Lipinski definition) is 3. The molecule has 10 heteroatoms. The van der Waals surface area contributed by atoms with E-state index in [0.717, 1.165) is 50.4 Å². The molecule has 0 aliphatic carbocycles. The molecule has 0 unspecified atom stereocenters. The number of anilines is 3. The lowest BCUT2D eigenvalue weighted by Gasteiger charge is -2.27. The molecule has 0 saturated carbocycles. The summed E-state index contributed by atoms with van der Waals surface area (Å²) in [6.45, 7) is 6.44. The van der Waals surface area contributed by atoms with Crippen molar-refractivity contribution in [3.63, 3.8) is 0 Å². The van der Waals surface area contributed by atoms with E-state index < -0.39 is 0 Å². The number of piperidine rings is 1. The van der Waals surface area contributed by atoms with E-state index in [1.54, 1.807) is 49.7 Å². The van der Waals surface area contributed by atoms with Crippen LogP contribution < -0.4 is 30.3 Å². The zero-order chi connectivity index (χ0) is 27.9. The standard InChI is InChI=1S/C30H35N5O5/c1-20-3-5-23(33-29(36)22-7-12-32-28(18-22)35-13-15-39-16-14-35)19-25(20)34-30(37)21-4-6-26(38-2)27(17-21)40-24-8-10-31-11-9-24/h3-7,12,17-19,24,31H,8-11,13-16H2,1-2H3,(H,33,36)(H,34,37). The molecule has 40 heavy (non-hydrogen) atoms. The van der Waals surface area contributed by atoms with E-state index in [1.165, 1.54) is 0 Å². The first-order valence-corrected chi connectivity index (χ1v) is 13.6. The van der Waals surface area contributed by atoms with Gasteiger partial charge in [0.25, 0.3) is 11.8 Å². The first-order valence-electron chi connectivity index (χ1n) is 13.6. The van der Waals surface area contributed by atoms with Crippen molar-refractivity contribution < 1.29 is 23.8 Å². The van der Waals surface area contributed by atoms with E-state index in [1.807, 2.05) is 19.1 Å². The normalized spacial score (nSPS) is 15.8. The third kappa shape index (κ3) is 6.70. The highest BCUT2D eigenvalue weighted by Crippen LogP contribution is 2.31. The van der Waals surface area contributed by atoms with E-state index in [-0.39, 0.29) is 17.9 Å². The molecule has 0 atom stereocenters. The minimum absolute atomic E-state index is 0.0707. The number of aromatic nitrogens is 1. The maximum Gasteiger partial charge on any atom is 0.255 e. The van der Waals surface area contributed by atoms with Gasteiger partial charge in [0.2, 0.25) is 0 Å². The van der Waals surface area contributed by atoms with Gasteiger partial charge in [-0.05, 0) is 80.9 Å². The zero-order valence-electron chi connectivity index (χ0n) is 22.9. The molecule has 0 bridgehead atoms. The van der Waals surface area contributed by atoms with Crippen molar-refractivity contribution in [2.45, 2.75) is 25.9 Å². The van der Waals surface area contributed by atoms with Crippen LogP contribution in [0.5, 0.6) is 11.5 Å². The Bertz CT molecular complexity index is 1350. The summed E-state index contributed by atoms with van der Waals surface area (Å²) < 4.78 is 17.1. The van der Waals surface area contributed by atoms with Gasteiger partial charge in [-0.3, -0.25) is 9.59 Å². The SMILES string of the molecule is COc1ccc(C(=O)Nc2cc(NC(=O)c3ccnc(N4CCOCC4)c3)ccc2C)cc1OC1CCNCC1. The van der Waals surface area contributed by atoms with Gasteiger partial charge in [-0.1, -0.05) is 6.07 Å². The molecule has 3 N–H and O–H groups in total. The number of amides is 2. The zero-order valence-corrected chi connectivity index (χ0v) is 22.9. The lowest BCUT2D eigenvalue weighted by atomic mass is 10.1. The third-order valence-corrected chi connectivity index (χ3v) is 7.09. The minimum atomic E-state index is -0.284. The summed E-state index contributed by atoms with van der Waals surface area (Å²) in [5.41, 5.74) is 2.99. The molecule has 5 rings (SSSR count). The predicted octanol–water partition coefficient (Wildman–Crippen LogP) is 3.87. The van der Waals surface area contributed by atoms with Crippen LogP contribution in [0.2, 0.25) is 0 Å². The smallest absolute Gasteiger partial charge is 0.255 e. The van der Waals surface area contributed by atoms with Crippen LogP contribution in [0.1, 0.15) is 39.1 Å². The largest absolute Gasteiger partial charge is 0.493 e. The second-order valence-corrected chi connectivity index (χ2v) is 9.87. The summed E-state index contributed by atoms with van der Waals surface area (Å²) in [5.74, 6) is 1.34. The van der Waals surface area contributed by atoms with Crippen LogP contribution >= 0.6 is 0 Å². The van der Waals surface area contributed by atoms with Gasteiger partial charge in [0.15, 0.2) is 11.5 Å². The Labute approximate surface area is 234 Å². The first kappa shape index (κ1) is 27.4. The van der Waals surface area contributed by atoms with Crippen LogP contribution in [0.25, 0.3) is 0 Å². The van der Waals surface area contributed by atoms with Crippen molar-refractivity contribution in [1.82, 2.24) is 10.3 Å². The van der Waals surface area contributed by atoms with E-state index in [9.17, 15) is 9.59 Å². The topological polar surface area (TPSA) is 114 Å². The highest BCUT2D eigenvalue weighted by atomic mass is 16.5. The molecule has 2 aliphatic heterocycles. The van der Waals surface area contributed by atoms with Crippen LogP contribution in [0, 0.1) is 6.92 Å². The Hall–Kier alpha value is -4.15. The number of methoxy groups -OCH3 is 1. The quantitative estimate of drug-likeness (QED) is 0.391. The van der Waals surface area contributed by atoms with Crippen molar-refractivity contribution >= 4 is 29.0 Å². The van der Waals surface area contributed by atoms with Gasteiger partial charge in [-0.2, -0.15) is 0 Å². The van der Waals surface area contributed by atoms with Crippen LogP contribution in [-0.2, 0) is 4.74 Å². The number of nitrogens with zero attached hydrogens (tertiary/aromatic N) is 2. The number of nitrogens with one attached hydrogen (secondary N) is 3. The van der Waals surface area contributed by atoms with Crippen LogP contribution in [0.3, 0.4) is 0 Å². The molecule has 0 radical (unpaired) electrons. The second kappa shape index (κ2) is 12.8. The third-order valence-electron chi connectivity index (χ3n) is 7.09. The molecule has 210 valence electrons. The van der Waals surface area contributed by atoms with Gasteiger partial charge in [-0.15, -0.1) is 0 Å². The Morgan fingerprint density at radius 3 is 2.48 bits per heavy atom. The summed E-state index contributed by atoms with van der Waals surface area (Å²) in [6.07, 6.45) is 3.50. The predicted molar refractivity (Wildman–Crippen MR) is 154 cm³/mol. The number of rotatable bonds is 8. The number of hydrogen-bond acceptors (Lipinski definition) is 8. The summed E-state index contributed by atoms with van der Waals surface area (Å²) in [7, 11) is 1.59. The van der Waals surface area contributed by atoms with Crippen LogP contribution in [0.4, 0.5) is 17.2 Å². The number of aryl methyl sites for hydroxylation is 1. The number of carbonyl (C=O) groups is 2. The Balaban J connectivity index is 1.27. The lowest BCUT2D eigenvalue weighted by molar-refractivity contribution is 0.101. The number of pyridine rings is 1. The molecule has 2 aliphatic rings. The molecule has 2 amide bonds. The van der Waals surface area contributed by atoms with Crippen molar-refractivity contribution in [3.8, 4) is 11.5 Å². The number of benzene rings is 2.